The van der Waals surface area contributed by atoms with Crippen LogP contribution in [0.25, 0.3) is 11.0 Å². The molecule has 158 valence electrons. The summed E-state index contributed by atoms with van der Waals surface area (Å²) >= 11 is 0. The first-order valence-electron chi connectivity index (χ1n) is 10.2. The molecule has 0 N–H and O–H groups in total. The summed E-state index contributed by atoms with van der Waals surface area (Å²) in [6.45, 7) is 6.21. The van der Waals surface area contributed by atoms with Crippen LogP contribution < -0.4 is 4.90 Å². The van der Waals surface area contributed by atoms with Crippen molar-refractivity contribution in [2.24, 2.45) is 7.05 Å². The molecule has 0 radical (unpaired) electrons. The standard InChI is InChI=1S/C24H24FN5O/c1-15(2)21-13-20(22-16(3)28-29(4)23(22)27-21)24(31)30(14-18-7-5-6-12-26-18)19-10-8-17(25)9-11-19/h5-13,15H,14H2,1-4H3. The number of hydrogen-bond acceptors (Lipinski definition) is 4. The SMILES string of the molecule is Cc1nn(C)c2nc(C(C)C)cc(C(=O)N(Cc3ccccn3)c3ccc(F)cc3)c12. The number of halogens is 1. The van der Waals surface area contributed by atoms with E-state index >= 15 is 0 Å². The van der Waals surface area contributed by atoms with Crippen LogP contribution in [0.5, 0.6) is 0 Å². The van der Waals surface area contributed by atoms with E-state index in [1.807, 2.05) is 52.1 Å². The molecule has 4 rings (SSSR count). The second-order valence-corrected chi connectivity index (χ2v) is 7.85. The molecule has 0 spiro atoms. The molecule has 0 saturated carbocycles. The van der Waals surface area contributed by atoms with Crippen LogP contribution in [0.1, 0.15) is 47.2 Å². The van der Waals surface area contributed by atoms with Gasteiger partial charge in [-0.3, -0.25) is 14.5 Å². The van der Waals surface area contributed by atoms with Gasteiger partial charge in [-0.05, 0) is 55.3 Å². The normalized spacial score (nSPS) is 11.3. The lowest BCUT2D eigenvalue weighted by Gasteiger charge is -2.23. The van der Waals surface area contributed by atoms with E-state index in [0.29, 0.717) is 16.9 Å². The van der Waals surface area contributed by atoms with E-state index < -0.39 is 0 Å². The minimum atomic E-state index is -0.356. The lowest BCUT2D eigenvalue weighted by Crippen LogP contribution is -2.31. The average Bonchev–Trinajstić information content (AvgIpc) is 3.06. The number of amides is 1. The predicted molar refractivity (Wildman–Crippen MR) is 118 cm³/mol. The van der Waals surface area contributed by atoms with Gasteiger partial charge in [0, 0.05) is 24.6 Å². The van der Waals surface area contributed by atoms with Gasteiger partial charge in [0.15, 0.2) is 5.65 Å². The number of aryl methyl sites for hydroxylation is 2. The molecule has 0 aliphatic carbocycles. The van der Waals surface area contributed by atoms with E-state index in [2.05, 4.69) is 10.1 Å². The summed E-state index contributed by atoms with van der Waals surface area (Å²) in [7, 11) is 1.83. The monoisotopic (exact) mass is 417 g/mol. The lowest BCUT2D eigenvalue weighted by molar-refractivity contribution is 0.0986. The predicted octanol–water partition coefficient (Wildman–Crippen LogP) is 4.78. The van der Waals surface area contributed by atoms with Crippen LogP contribution in [-0.2, 0) is 13.6 Å². The van der Waals surface area contributed by atoms with Gasteiger partial charge >= 0.3 is 0 Å². The third-order valence-electron chi connectivity index (χ3n) is 5.24. The second-order valence-electron chi connectivity index (χ2n) is 7.85. The van der Waals surface area contributed by atoms with Crippen molar-refractivity contribution in [2.45, 2.75) is 33.2 Å². The summed E-state index contributed by atoms with van der Waals surface area (Å²) in [5.41, 5.74) is 4.08. The molecule has 0 saturated heterocycles. The van der Waals surface area contributed by atoms with Crippen LogP contribution in [0, 0.1) is 12.7 Å². The van der Waals surface area contributed by atoms with Crippen molar-refractivity contribution >= 4 is 22.6 Å². The first kappa shape index (κ1) is 20.7. The average molecular weight is 417 g/mol. The molecule has 0 aliphatic rings. The molecule has 6 nitrogen and oxygen atoms in total. The smallest absolute Gasteiger partial charge is 0.259 e. The Morgan fingerprint density at radius 2 is 1.90 bits per heavy atom. The van der Waals surface area contributed by atoms with Crippen molar-refractivity contribution in [1.29, 1.82) is 0 Å². The molecule has 0 fully saturated rings. The van der Waals surface area contributed by atoms with Gasteiger partial charge in [-0.2, -0.15) is 5.10 Å². The Morgan fingerprint density at radius 1 is 1.16 bits per heavy atom. The van der Waals surface area contributed by atoms with Gasteiger partial charge in [0.1, 0.15) is 5.82 Å². The van der Waals surface area contributed by atoms with E-state index in [9.17, 15) is 9.18 Å². The molecule has 0 unspecified atom stereocenters. The highest BCUT2D eigenvalue weighted by Crippen LogP contribution is 2.28. The zero-order valence-corrected chi connectivity index (χ0v) is 18.0. The van der Waals surface area contributed by atoms with Gasteiger partial charge in [0.05, 0.1) is 28.9 Å². The number of benzene rings is 1. The zero-order chi connectivity index (χ0) is 22.1. The minimum Gasteiger partial charge on any atom is -0.302 e. The summed E-state index contributed by atoms with van der Waals surface area (Å²) in [5, 5.41) is 5.21. The van der Waals surface area contributed by atoms with E-state index in [1.54, 1.807) is 27.9 Å². The third kappa shape index (κ3) is 4.03. The Hall–Kier alpha value is -3.61. The fourth-order valence-electron chi connectivity index (χ4n) is 3.63. The number of rotatable bonds is 5. The van der Waals surface area contributed by atoms with Gasteiger partial charge in [-0.25, -0.2) is 9.37 Å². The van der Waals surface area contributed by atoms with Crippen molar-refractivity contribution in [3.8, 4) is 0 Å². The van der Waals surface area contributed by atoms with Crippen molar-refractivity contribution in [3.05, 3.63) is 83.2 Å². The Kier molecular flexibility index (Phi) is 5.50. The number of aromatic nitrogens is 4. The summed E-state index contributed by atoms with van der Waals surface area (Å²) in [6.07, 6.45) is 1.69. The second kappa shape index (κ2) is 8.26. The fourth-order valence-corrected chi connectivity index (χ4v) is 3.63. The van der Waals surface area contributed by atoms with Gasteiger partial charge in [-0.15, -0.1) is 0 Å². The first-order valence-corrected chi connectivity index (χ1v) is 10.2. The van der Waals surface area contributed by atoms with Crippen molar-refractivity contribution in [2.75, 3.05) is 4.90 Å². The van der Waals surface area contributed by atoms with Gasteiger partial charge in [-0.1, -0.05) is 19.9 Å². The fraction of sp³-hybridized carbons (Fsp3) is 0.250. The van der Waals surface area contributed by atoms with E-state index in [0.717, 1.165) is 22.5 Å². The highest BCUT2D eigenvalue weighted by molar-refractivity contribution is 6.13. The largest absolute Gasteiger partial charge is 0.302 e. The van der Waals surface area contributed by atoms with Crippen molar-refractivity contribution in [1.82, 2.24) is 19.7 Å². The molecule has 0 atom stereocenters. The number of carbonyl (C=O) groups excluding carboxylic acids is 1. The third-order valence-corrected chi connectivity index (χ3v) is 5.24. The Morgan fingerprint density at radius 3 is 2.55 bits per heavy atom. The van der Waals surface area contributed by atoms with Crippen LogP contribution in [0.2, 0.25) is 0 Å². The number of anilines is 1. The van der Waals surface area contributed by atoms with Crippen LogP contribution in [-0.4, -0.2) is 25.7 Å². The van der Waals surface area contributed by atoms with E-state index in [1.165, 1.54) is 12.1 Å². The van der Waals surface area contributed by atoms with Gasteiger partial charge in [0.2, 0.25) is 0 Å². The van der Waals surface area contributed by atoms with Crippen LogP contribution >= 0.6 is 0 Å². The van der Waals surface area contributed by atoms with E-state index in [4.69, 9.17) is 4.98 Å². The van der Waals surface area contributed by atoms with E-state index in [-0.39, 0.29) is 24.2 Å². The first-order chi connectivity index (χ1) is 14.8. The Labute approximate surface area is 180 Å². The number of nitrogens with zero attached hydrogens (tertiary/aromatic N) is 5. The molecule has 7 heteroatoms. The van der Waals surface area contributed by atoms with Crippen LogP contribution in [0.4, 0.5) is 10.1 Å². The molecule has 31 heavy (non-hydrogen) atoms. The molecule has 3 heterocycles. The quantitative estimate of drug-likeness (QED) is 0.469. The Balaban J connectivity index is 1.88. The molecule has 3 aromatic heterocycles. The Bertz CT molecular complexity index is 1230. The van der Waals surface area contributed by atoms with Crippen molar-refractivity contribution in [3.63, 3.8) is 0 Å². The summed E-state index contributed by atoms with van der Waals surface area (Å²) < 4.78 is 15.3. The van der Waals surface area contributed by atoms with Gasteiger partial charge < -0.3 is 4.90 Å². The lowest BCUT2D eigenvalue weighted by atomic mass is 10.0. The number of hydrogen-bond donors (Lipinski definition) is 0. The highest BCUT2D eigenvalue weighted by Gasteiger charge is 2.25. The highest BCUT2D eigenvalue weighted by atomic mass is 19.1. The molecule has 1 amide bonds. The molecular weight excluding hydrogens is 393 g/mol. The number of carbonyl (C=O) groups is 1. The van der Waals surface area contributed by atoms with Crippen molar-refractivity contribution < 1.29 is 9.18 Å². The topological polar surface area (TPSA) is 63.9 Å². The molecular formula is C24H24FN5O. The zero-order valence-electron chi connectivity index (χ0n) is 18.0. The number of fused-ring (bicyclic) bond motifs is 1. The summed E-state index contributed by atoms with van der Waals surface area (Å²) in [4.78, 5) is 24.6. The molecule has 1 aromatic carbocycles. The molecule has 0 aliphatic heterocycles. The van der Waals surface area contributed by atoms with Crippen LogP contribution in [0.3, 0.4) is 0 Å². The maximum atomic E-state index is 13.9. The van der Waals surface area contributed by atoms with Crippen LogP contribution in [0.15, 0.2) is 54.7 Å². The maximum Gasteiger partial charge on any atom is 0.259 e. The molecule has 4 aromatic rings. The minimum absolute atomic E-state index is 0.140. The maximum absolute atomic E-state index is 13.9. The number of pyridine rings is 2. The summed E-state index contributed by atoms with van der Waals surface area (Å²) in [6, 6.07) is 13.3. The van der Waals surface area contributed by atoms with Gasteiger partial charge in [0.25, 0.3) is 5.91 Å². The summed E-state index contributed by atoms with van der Waals surface area (Å²) in [5.74, 6) is -0.422. The molecule has 0 bridgehead atoms.